The van der Waals surface area contributed by atoms with Gasteiger partial charge >= 0.3 is 0 Å². The molecular formula is C18H21Cl2FN2O2. The summed E-state index contributed by atoms with van der Waals surface area (Å²) in [4.78, 5) is 12.8. The molecule has 136 valence electrons. The lowest BCUT2D eigenvalue weighted by atomic mass is 10.2. The van der Waals surface area contributed by atoms with Crippen LogP contribution in [0.3, 0.4) is 0 Å². The average Bonchev–Trinajstić information content (AvgIpc) is 3.02. The Balaban J connectivity index is 2.09. The van der Waals surface area contributed by atoms with Gasteiger partial charge in [0.05, 0.1) is 6.54 Å². The molecule has 0 fully saturated rings. The first-order valence-corrected chi connectivity index (χ1v) is 8.83. The molecular weight excluding hydrogens is 366 g/mol. The van der Waals surface area contributed by atoms with E-state index in [1.165, 1.54) is 12.1 Å². The first-order chi connectivity index (χ1) is 12.0. The van der Waals surface area contributed by atoms with E-state index in [-0.39, 0.29) is 11.7 Å². The number of hydrogen-bond acceptors (Lipinski definition) is 2. The minimum atomic E-state index is -1.09. The van der Waals surface area contributed by atoms with Gasteiger partial charge in [-0.05, 0) is 36.2 Å². The molecule has 0 spiro atoms. The van der Waals surface area contributed by atoms with Crippen LogP contribution in [0.25, 0.3) is 0 Å². The molecule has 0 bridgehead atoms. The highest BCUT2D eigenvalue weighted by Gasteiger charge is 2.21. The number of nitrogens with zero attached hydrogens (tertiary/aromatic N) is 2. The van der Waals surface area contributed by atoms with Crippen molar-refractivity contribution in [3.05, 3.63) is 59.7 Å². The van der Waals surface area contributed by atoms with E-state index >= 15 is 0 Å². The van der Waals surface area contributed by atoms with Gasteiger partial charge in [0.25, 0.3) is 5.91 Å². The van der Waals surface area contributed by atoms with Crippen molar-refractivity contribution in [2.24, 2.45) is 0 Å². The van der Waals surface area contributed by atoms with Crippen LogP contribution in [-0.4, -0.2) is 40.5 Å². The highest BCUT2D eigenvalue weighted by Crippen LogP contribution is 2.15. The molecule has 7 heteroatoms. The van der Waals surface area contributed by atoms with Gasteiger partial charge < -0.3 is 14.2 Å². The number of halogens is 3. The second-order valence-corrected chi connectivity index (χ2v) is 6.76. The van der Waals surface area contributed by atoms with Gasteiger partial charge in [-0.1, -0.05) is 35.3 Å². The number of amides is 1. The largest absolute Gasteiger partial charge is 0.385 e. The summed E-state index contributed by atoms with van der Waals surface area (Å²) >= 11 is 11.5. The molecule has 0 atom stereocenters. The number of ether oxygens (including phenoxy) is 1. The third kappa shape index (κ3) is 6.03. The van der Waals surface area contributed by atoms with E-state index < -0.39 is 4.84 Å². The van der Waals surface area contributed by atoms with Crippen molar-refractivity contribution in [2.45, 2.75) is 24.3 Å². The number of hydrogen-bond donors (Lipinski definition) is 0. The van der Waals surface area contributed by atoms with E-state index in [0.29, 0.717) is 32.7 Å². The summed E-state index contributed by atoms with van der Waals surface area (Å²) in [5.74, 6) is -0.587. The summed E-state index contributed by atoms with van der Waals surface area (Å²) < 4.78 is 20.1. The Bertz CT molecular complexity index is 674. The van der Waals surface area contributed by atoms with Gasteiger partial charge in [-0.25, -0.2) is 4.39 Å². The fourth-order valence-electron chi connectivity index (χ4n) is 2.53. The van der Waals surface area contributed by atoms with Crippen molar-refractivity contribution in [1.29, 1.82) is 0 Å². The van der Waals surface area contributed by atoms with E-state index in [4.69, 9.17) is 27.9 Å². The highest BCUT2D eigenvalue weighted by molar-refractivity contribution is 6.53. The van der Waals surface area contributed by atoms with Gasteiger partial charge in [0, 0.05) is 38.7 Å². The molecule has 0 aliphatic carbocycles. The number of methoxy groups -OCH3 is 1. The van der Waals surface area contributed by atoms with Crippen LogP contribution in [-0.2, 0) is 22.6 Å². The van der Waals surface area contributed by atoms with E-state index in [9.17, 15) is 9.18 Å². The smallest absolute Gasteiger partial charge is 0.256 e. The lowest BCUT2D eigenvalue weighted by Crippen LogP contribution is -2.36. The minimum absolute atomic E-state index is 0.262. The van der Waals surface area contributed by atoms with Crippen LogP contribution in [0.15, 0.2) is 42.6 Å². The molecule has 0 radical (unpaired) electrons. The van der Waals surface area contributed by atoms with Crippen LogP contribution < -0.4 is 0 Å². The lowest BCUT2D eigenvalue weighted by Gasteiger charge is -2.24. The molecule has 0 unspecified atom stereocenters. The topological polar surface area (TPSA) is 34.5 Å². The molecule has 0 N–H and O–H groups in total. The van der Waals surface area contributed by atoms with Crippen LogP contribution in [0.2, 0.25) is 0 Å². The number of alkyl halides is 2. The highest BCUT2D eigenvalue weighted by atomic mass is 35.5. The maximum absolute atomic E-state index is 13.0. The summed E-state index contributed by atoms with van der Waals surface area (Å²) in [6, 6.07) is 10.2. The van der Waals surface area contributed by atoms with Crippen LogP contribution in [0.4, 0.5) is 4.39 Å². The SMILES string of the molecule is COCCCN(Cc1cccn1Cc1ccc(F)cc1)C(=O)C(Cl)Cl. The number of benzene rings is 1. The Labute approximate surface area is 157 Å². The van der Waals surface area contributed by atoms with E-state index in [1.54, 1.807) is 24.1 Å². The molecule has 4 nitrogen and oxygen atoms in total. The van der Waals surface area contributed by atoms with Crippen LogP contribution in [0, 0.1) is 5.82 Å². The Morgan fingerprint density at radius 1 is 1.28 bits per heavy atom. The molecule has 0 aliphatic heterocycles. The number of carbonyl (C=O) groups excluding carboxylic acids is 1. The Morgan fingerprint density at radius 3 is 2.64 bits per heavy atom. The summed E-state index contributed by atoms with van der Waals surface area (Å²) in [5, 5.41) is 0. The fourth-order valence-corrected chi connectivity index (χ4v) is 2.81. The first kappa shape index (κ1) is 19.8. The van der Waals surface area contributed by atoms with E-state index in [2.05, 4.69) is 0 Å². The lowest BCUT2D eigenvalue weighted by molar-refractivity contribution is -0.130. The quantitative estimate of drug-likeness (QED) is 0.484. The average molecular weight is 387 g/mol. The molecule has 1 aromatic carbocycles. The van der Waals surface area contributed by atoms with Gasteiger partial charge in [0.1, 0.15) is 5.82 Å². The molecule has 0 saturated carbocycles. The Kier molecular flexibility index (Phi) is 7.75. The molecule has 1 heterocycles. The first-order valence-electron chi connectivity index (χ1n) is 7.95. The second kappa shape index (κ2) is 9.80. The summed E-state index contributed by atoms with van der Waals surface area (Å²) in [7, 11) is 1.62. The summed E-state index contributed by atoms with van der Waals surface area (Å²) in [6.07, 6.45) is 2.62. The third-order valence-corrected chi connectivity index (χ3v) is 4.19. The maximum Gasteiger partial charge on any atom is 0.256 e. The van der Waals surface area contributed by atoms with Crippen molar-refractivity contribution < 1.29 is 13.9 Å². The maximum atomic E-state index is 13.0. The van der Waals surface area contributed by atoms with Crippen molar-refractivity contribution in [1.82, 2.24) is 9.47 Å². The standard InChI is InChI=1S/C18H21Cl2FN2O2/c1-25-11-3-10-23(18(24)17(19)20)13-16-4-2-9-22(16)12-14-5-7-15(21)8-6-14/h2,4-9,17H,3,10-13H2,1H3. The van der Waals surface area contributed by atoms with Gasteiger partial charge in [0.2, 0.25) is 0 Å². The van der Waals surface area contributed by atoms with Gasteiger partial charge in [-0.15, -0.1) is 0 Å². The van der Waals surface area contributed by atoms with Gasteiger partial charge in [-0.2, -0.15) is 0 Å². The number of rotatable bonds is 9. The molecule has 2 aromatic rings. The Morgan fingerprint density at radius 2 is 2.00 bits per heavy atom. The van der Waals surface area contributed by atoms with Crippen molar-refractivity contribution in [3.8, 4) is 0 Å². The fraction of sp³-hybridized carbons (Fsp3) is 0.389. The number of carbonyl (C=O) groups is 1. The van der Waals surface area contributed by atoms with Crippen LogP contribution in [0.5, 0.6) is 0 Å². The zero-order valence-corrected chi connectivity index (χ0v) is 15.5. The predicted molar refractivity (Wildman–Crippen MR) is 97.3 cm³/mol. The van der Waals surface area contributed by atoms with Gasteiger partial charge in [-0.3, -0.25) is 4.79 Å². The monoisotopic (exact) mass is 386 g/mol. The summed E-state index contributed by atoms with van der Waals surface area (Å²) in [5.41, 5.74) is 1.92. The van der Waals surface area contributed by atoms with E-state index in [1.807, 2.05) is 22.9 Å². The minimum Gasteiger partial charge on any atom is -0.385 e. The molecule has 0 aliphatic rings. The zero-order chi connectivity index (χ0) is 18.2. The van der Waals surface area contributed by atoms with Crippen molar-refractivity contribution in [3.63, 3.8) is 0 Å². The normalized spacial score (nSPS) is 11.1. The molecule has 0 saturated heterocycles. The Hall–Kier alpha value is -1.56. The third-order valence-electron chi connectivity index (χ3n) is 3.82. The van der Waals surface area contributed by atoms with Gasteiger partial charge in [0.15, 0.2) is 4.84 Å². The molecule has 25 heavy (non-hydrogen) atoms. The number of aromatic nitrogens is 1. The van der Waals surface area contributed by atoms with Crippen molar-refractivity contribution in [2.75, 3.05) is 20.3 Å². The zero-order valence-electron chi connectivity index (χ0n) is 14.0. The molecule has 1 aromatic heterocycles. The van der Waals surface area contributed by atoms with Crippen LogP contribution in [0.1, 0.15) is 17.7 Å². The molecule has 2 rings (SSSR count). The van der Waals surface area contributed by atoms with Crippen molar-refractivity contribution >= 4 is 29.1 Å². The van der Waals surface area contributed by atoms with E-state index in [0.717, 1.165) is 11.3 Å². The predicted octanol–water partition coefficient (Wildman–Crippen LogP) is 3.84. The molecule has 1 amide bonds. The summed E-state index contributed by atoms with van der Waals surface area (Å²) in [6.45, 7) is 2.04. The second-order valence-electron chi connectivity index (χ2n) is 5.66. The van der Waals surface area contributed by atoms with Crippen LogP contribution >= 0.6 is 23.2 Å².